The van der Waals surface area contributed by atoms with Crippen molar-refractivity contribution in [1.29, 1.82) is 0 Å². The van der Waals surface area contributed by atoms with Crippen molar-refractivity contribution in [3.05, 3.63) is 24.3 Å². The topological polar surface area (TPSA) is 38.5 Å². The molecule has 0 fully saturated rings. The molecule has 0 spiro atoms. The molecule has 6 heteroatoms. The number of rotatable bonds is 6. The van der Waals surface area contributed by atoms with Crippen LogP contribution in [0, 0.1) is 0 Å². The van der Waals surface area contributed by atoms with Crippen molar-refractivity contribution >= 4 is 5.69 Å². The van der Waals surface area contributed by atoms with Crippen LogP contribution in [0.4, 0.5) is 18.9 Å². The van der Waals surface area contributed by atoms with Gasteiger partial charge in [-0.3, -0.25) is 0 Å². The molecular formula is C12H17F3N2O. The zero-order valence-corrected chi connectivity index (χ0v) is 10.2. The molecule has 1 aromatic rings. The van der Waals surface area contributed by atoms with Crippen LogP contribution >= 0.6 is 0 Å². The summed E-state index contributed by atoms with van der Waals surface area (Å²) in [6.07, 6.45) is -3.71. The molecule has 0 bridgehead atoms. The van der Waals surface area contributed by atoms with Crippen LogP contribution in [0.5, 0.6) is 5.75 Å². The van der Waals surface area contributed by atoms with Gasteiger partial charge in [0.2, 0.25) is 0 Å². The molecule has 102 valence electrons. The number of nitrogens with zero attached hydrogens (tertiary/aromatic N) is 1. The minimum atomic E-state index is -4.65. The van der Waals surface area contributed by atoms with Crippen molar-refractivity contribution in [3.63, 3.8) is 0 Å². The standard InChI is InChI=1S/C12H17F3N2O/c1-2-8-17(9-7-16)10-3-5-11(6-4-10)18-12(13,14)15/h3-6H,2,7-9,16H2,1H3. The monoisotopic (exact) mass is 262 g/mol. The van der Waals surface area contributed by atoms with Gasteiger partial charge in [-0.25, -0.2) is 0 Å². The first-order chi connectivity index (χ1) is 8.46. The Balaban J connectivity index is 2.73. The zero-order valence-electron chi connectivity index (χ0n) is 10.2. The average molecular weight is 262 g/mol. The predicted octanol–water partition coefficient (Wildman–Crippen LogP) is 2.76. The summed E-state index contributed by atoms with van der Waals surface area (Å²) in [7, 11) is 0. The highest BCUT2D eigenvalue weighted by Gasteiger charge is 2.30. The van der Waals surface area contributed by atoms with Gasteiger partial charge in [0.05, 0.1) is 0 Å². The van der Waals surface area contributed by atoms with Crippen LogP contribution in [0.2, 0.25) is 0 Å². The quantitative estimate of drug-likeness (QED) is 0.856. The number of alkyl halides is 3. The Kier molecular flexibility index (Phi) is 5.27. The number of hydrogen-bond acceptors (Lipinski definition) is 3. The number of nitrogens with two attached hydrogens (primary N) is 1. The number of hydrogen-bond donors (Lipinski definition) is 1. The minimum absolute atomic E-state index is 0.213. The molecule has 0 aliphatic heterocycles. The largest absolute Gasteiger partial charge is 0.573 e. The predicted molar refractivity (Wildman–Crippen MR) is 64.7 cm³/mol. The Morgan fingerprint density at radius 1 is 1.17 bits per heavy atom. The molecule has 1 rings (SSSR count). The maximum absolute atomic E-state index is 12.0. The molecule has 0 aromatic heterocycles. The van der Waals surface area contributed by atoms with E-state index < -0.39 is 6.36 Å². The Morgan fingerprint density at radius 2 is 1.78 bits per heavy atom. The highest BCUT2D eigenvalue weighted by Crippen LogP contribution is 2.25. The van der Waals surface area contributed by atoms with E-state index in [0.717, 1.165) is 18.7 Å². The first kappa shape index (κ1) is 14.6. The second kappa shape index (κ2) is 6.49. The zero-order chi connectivity index (χ0) is 13.6. The minimum Gasteiger partial charge on any atom is -0.406 e. The third kappa shape index (κ3) is 4.83. The van der Waals surface area contributed by atoms with Gasteiger partial charge in [-0.1, -0.05) is 6.92 Å². The van der Waals surface area contributed by atoms with Gasteiger partial charge in [-0.05, 0) is 30.7 Å². The van der Waals surface area contributed by atoms with Crippen LogP contribution in [-0.4, -0.2) is 26.0 Å². The average Bonchev–Trinajstić information content (AvgIpc) is 2.28. The van der Waals surface area contributed by atoms with E-state index >= 15 is 0 Å². The summed E-state index contributed by atoms with van der Waals surface area (Å²) >= 11 is 0. The van der Waals surface area contributed by atoms with E-state index in [1.165, 1.54) is 12.1 Å². The summed E-state index contributed by atoms with van der Waals surface area (Å²) in [4.78, 5) is 2.03. The van der Waals surface area contributed by atoms with Crippen molar-refractivity contribution in [1.82, 2.24) is 0 Å². The molecule has 0 saturated heterocycles. The first-order valence-electron chi connectivity index (χ1n) is 5.77. The smallest absolute Gasteiger partial charge is 0.406 e. The van der Waals surface area contributed by atoms with Crippen molar-refractivity contribution in [2.24, 2.45) is 5.73 Å². The van der Waals surface area contributed by atoms with E-state index in [0.29, 0.717) is 13.1 Å². The highest BCUT2D eigenvalue weighted by molar-refractivity contribution is 5.49. The Morgan fingerprint density at radius 3 is 2.22 bits per heavy atom. The van der Waals surface area contributed by atoms with E-state index in [1.54, 1.807) is 12.1 Å². The Labute approximate surface area is 104 Å². The van der Waals surface area contributed by atoms with E-state index in [1.807, 2.05) is 11.8 Å². The fourth-order valence-electron chi connectivity index (χ4n) is 1.65. The molecule has 0 heterocycles. The molecule has 0 unspecified atom stereocenters. The molecule has 2 N–H and O–H groups in total. The first-order valence-corrected chi connectivity index (χ1v) is 5.77. The lowest BCUT2D eigenvalue weighted by atomic mass is 10.2. The molecule has 0 amide bonds. The van der Waals surface area contributed by atoms with Gasteiger partial charge in [0.25, 0.3) is 0 Å². The Bertz CT molecular complexity index is 345. The lowest BCUT2D eigenvalue weighted by molar-refractivity contribution is -0.274. The summed E-state index contributed by atoms with van der Waals surface area (Å²) < 4.78 is 39.8. The Hall–Kier alpha value is -1.43. The van der Waals surface area contributed by atoms with Crippen LogP contribution < -0.4 is 15.4 Å². The molecule has 0 saturated carbocycles. The lowest BCUT2D eigenvalue weighted by Gasteiger charge is -2.23. The number of ether oxygens (including phenoxy) is 1. The van der Waals surface area contributed by atoms with Crippen LogP contribution in [0.25, 0.3) is 0 Å². The van der Waals surface area contributed by atoms with Gasteiger partial charge < -0.3 is 15.4 Å². The highest BCUT2D eigenvalue weighted by atomic mass is 19.4. The van der Waals surface area contributed by atoms with Crippen molar-refractivity contribution in [2.45, 2.75) is 19.7 Å². The second-order valence-electron chi connectivity index (χ2n) is 3.82. The third-order valence-electron chi connectivity index (χ3n) is 2.33. The second-order valence-corrected chi connectivity index (χ2v) is 3.82. The lowest BCUT2D eigenvalue weighted by Crippen LogP contribution is -2.30. The van der Waals surface area contributed by atoms with Gasteiger partial charge in [0.1, 0.15) is 5.75 Å². The van der Waals surface area contributed by atoms with Crippen molar-refractivity contribution in [2.75, 3.05) is 24.5 Å². The number of benzene rings is 1. The van der Waals surface area contributed by atoms with Crippen molar-refractivity contribution in [3.8, 4) is 5.75 Å². The molecule has 0 aliphatic carbocycles. The molecule has 0 atom stereocenters. The molecule has 3 nitrogen and oxygen atoms in total. The summed E-state index contributed by atoms with van der Waals surface area (Å²) in [5.41, 5.74) is 6.34. The molecule has 0 radical (unpaired) electrons. The van der Waals surface area contributed by atoms with E-state index in [4.69, 9.17) is 5.73 Å². The van der Waals surface area contributed by atoms with Crippen LogP contribution in [0.15, 0.2) is 24.3 Å². The maximum Gasteiger partial charge on any atom is 0.573 e. The van der Waals surface area contributed by atoms with Gasteiger partial charge in [0.15, 0.2) is 0 Å². The van der Waals surface area contributed by atoms with Crippen LogP contribution in [0.1, 0.15) is 13.3 Å². The summed E-state index contributed by atoms with van der Waals surface area (Å²) in [6, 6.07) is 5.82. The van der Waals surface area contributed by atoms with E-state index in [2.05, 4.69) is 4.74 Å². The fourth-order valence-corrected chi connectivity index (χ4v) is 1.65. The fraction of sp³-hybridized carbons (Fsp3) is 0.500. The van der Waals surface area contributed by atoms with Crippen LogP contribution in [-0.2, 0) is 0 Å². The molecule has 0 aliphatic rings. The molecular weight excluding hydrogens is 245 g/mol. The van der Waals surface area contributed by atoms with Gasteiger partial charge in [-0.15, -0.1) is 13.2 Å². The SMILES string of the molecule is CCCN(CCN)c1ccc(OC(F)(F)F)cc1. The van der Waals surface area contributed by atoms with Gasteiger partial charge in [0, 0.05) is 25.3 Å². The van der Waals surface area contributed by atoms with Gasteiger partial charge >= 0.3 is 6.36 Å². The number of halogens is 3. The summed E-state index contributed by atoms with van der Waals surface area (Å²) in [5.74, 6) is -0.213. The third-order valence-corrected chi connectivity index (χ3v) is 2.33. The number of anilines is 1. The van der Waals surface area contributed by atoms with Crippen molar-refractivity contribution < 1.29 is 17.9 Å². The van der Waals surface area contributed by atoms with E-state index in [-0.39, 0.29) is 5.75 Å². The summed E-state index contributed by atoms with van der Waals surface area (Å²) in [6.45, 7) is 4.02. The molecule has 18 heavy (non-hydrogen) atoms. The van der Waals surface area contributed by atoms with Gasteiger partial charge in [-0.2, -0.15) is 0 Å². The van der Waals surface area contributed by atoms with E-state index in [9.17, 15) is 13.2 Å². The summed E-state index contributed by atoms with van der Waals surface area (Å²) in [5, 5.41) is 0. The molecule has 1 aromatic carbocycles. The van der Waals surface area contributed by atoms with Crippen LogP contribution in [0.3, 0.4) is 0 Å². The maximum atomic E-state index is 12.0. The normalized spacial score (nSPS) is 11.4.